The average Bonchev–Trinajstić information content (AvgIpc) is 2.18. The largest absolute Gasteiger partial charge is 0.444 e. The Morgan fingerprint density at radius 2 is 2.17 bits per heavy atom. The second-order valence-corrected chi connectivity index (χ2v) is 4.95. The van der Waals surface area contributed by atoms with Gasteiger partial charge in [0.05, 0.1) is 5.69 Å². The average molecular weight is 252 g/mol. The number of nitrogens with zero attached hydrogens (tertiary/aromatic N) is 1. The minimum Gasteiger partial charge on any atom is -0.444 e. The molecule has 0 fully saturated rings. The summed E-state index contributed by atoms with van der Waals surface area (Å²) in [5.74, 6) is 0.529. The van der Waals surface area contributed by atoms with Crippen molar-refractivity contribution in [2.45, 2.75) is 39.5 Å². The lowest BCUT2D eigenvalue weighted by atomic mass is 10.2. The molecular formula is C12H20N4O2. The van der Waals surface area contributed by atoms with Crippen LogP contribution in [0.3, 0.4) is 0 Å². The number of carbonyl (C=O) groups is 1. The quantitative estimate of drug-likeness (QED) is 0.715. The molecule has 1 rings (SSSR count). The predicted octanol–water partition coefficient (Wildman–Crippen LogP) is 1.95. The van der Waals surface area contributed by atoms with E-state index < -0.39 is 11.7 Å². The van der Waals surface area contributed by atoms with Gasteiger partial charge in [-0.25, -0.2) is 9.78 Å². The molecule has 0 bridgehead atoms. The minimum absolute atomic E-state index is 0.336. The number of rotatable bonds is 3. The number of amides is 1. The smallest absolute Gasteiger partial charge is 0.409 e. The first-order chi connectivity index (χ1) is 8.28. The first-order valence-electron chi connectivity index (χ1n) is 5.74. The van der Waals surface area contributed by atoms with Crippen LogP contribution >= 0.6 is 0 Å². The van der Waals surface area contributed by atoms with E-state index in [0.29, 0.717) is 11.5 Å². The van der Waals surface area contributed by atoms with Crippen molar-refractivity contribution in [3.05, 3.63) is 18.3 Å². The third kappa shape index (κ3) is 4.90. The SMILES string of the molecule is CC(NC(=O)OC(C)(C)C)Nc1ncccc1N. The van der Waals surface area contributed by atoms with Gasteiger partial charge in [-0.3, -0.25) is 0 Å². The lowest BCUT2D eigenvalue weighted by molar-refractivity contribution is 0.0514. The van der Waals surface area contributed by atoms with Crippen molar-refractivity contribution >= 4 is 17.6 Å². The highest BCUT2D eigenvalue weighted by atomic mass is 16.6. The monoisotopic (exact) mass is 252 g/mol. The van der Waals surface area contributed by atoms with Gasteiger partial charge in [0.25, 0.3) is 0 Å². The molecule has 18 heavy (non-hydrogen) atoms. The molecule has 100 valence electrons. The first kappa shape index (κ1) is 14.1. The van der Waals surface area contributed by atoms with Crippen LogP contribution in [-0.2, 0) is 4.74 Å². The van der Waals surface area contributed by atoms with Gasteiger partial charge in [-0.2, -0.15) is 0 Å². The molecule has 0 aliphatic rings. The molecule has 1 aromatic rings. The van der Waals surface area contributed by atoms with Gasteiger partial charge in [0.1, 0.15) is 11.8 Å². The zero-order chi connectivity index (χ0) is 13.8. The maximum atomic E-state index is 11.5. The highest BCUT2D eigenvalue weighted by Gasteiger charge is 2.17. The first-order valence-corrected chi connectivity index (χ1v) is 5.74. The normalized spacial score (nSPS) is 12.7. The summed E-state index contributed by atoms with van der Waals surface area (Å²) in [5, 5.41) is 5.62. The van der Waals surface area contributed by atoms with E-state index in [1.165, 1.54) is 0 Å². The number of aromatic nitrogens is 1. The molecular weight excluding hydrogens is 232 g/mol. The summed E-state index contributed by atoms with van der Waals surface area (Å²) in [6.45, 7) is 7.20. The van der Waals surface area contributed by atoms with Crippen LogP contribution in [0.1, 0.15) is 27.7 Å². The summed E-state index contributed by atoms with van der Waals surface area (Å²) in [6, 6.07) is 3.47. The summed E-state index contributed by atoms with van der Waals surface area (Å²) in [6.07, 6.45) is 0.799. The molecule has 0 saturated carbocycles. The summed E-state index contributed by atoms with van der Waals surface area (Å²) < 4.78 is 5.13. The molecule has 1 aromatic heterocycles. The van der Waals surface area contributed by atoms with E-state index in [4.69, 9.17) is 10.5 Å². The van der Waals surface area contributed by atoms with E-state index in [0.717, 1.165) is 0 Å². The van der Waals surface area contributed by atoms with Gasteiger partial charge in [-0.05, 0) is 39.8 Å². The molecule has 1 heterocycles. The Kier molecular flexibility index (Phi) is 4.36. The van der Waals surface area contributed by atoms with Crippen molar-refractivity contribution in [2.24, 2.45) is 0 Å². The van der Waals surface area contributed by atoms with Gasteiger partial charge in [-0.15, -0.1) is 0 Å². The Morgan fingerprint density at radius 1 is 1.50 bits per heavy atom. The number of nitrogens with one attached hydrogen (secondary N) is 2. The number of ether oxygens (including phenoxy) is 1. The molecule has 0 saturated heterocycles. The Bertz CT molecular complexity index is 415. The Balaban J connectivity index is 2.50. The van der Waals surface area contributed by atoms with Gasteiger partial charge < -0.3 is 21.1 Å². The number of pyridine rings is 1. The number of hydrogen-bond donors (Lipinski definition) is 3. The highest BCUT2D eigenvalue weighted by molar-refractivity contribution is 5.69. The summed E-state index contributed by atoms with van der Waals surface area (Å²) in [7, 11) is 0. The second-order valence-electron chi connectivity index (χ2n) is 4.95. The minimum atomic E-state index is -0.520. The van der Waals surface area contributed by atoms with E-state index in [1.54, 1.807) is 46.0 Å². The molecule has 0 radical (unpaired) electrons. The third-order valence-corrected chi connectivity index (χ3v) is 1.93. The van der Waals surface area contributed by atoms with Crippen molar-refractivity contribution < 1.29 is 9.53 Å². The number of nitrogens with two attached hydrogens (primary N) is 1. The van der Waals surface area contributed by atoms with Crippen LogP contribution in [0.4, 0.5) is 16.3 Å². The van der Waals surface area contributed by atoms with Crippen molar-refractivity contribution in [1.82, 2.24) is 10.3 Å². The van der Waals surface area contributed by atoms with Crippen LogP contribution in [0, 0.1) is 0 Å². The molecule has 6 heteroatoms. The fourth-order valence-electron chi connectivity index (χ4n) is 1.26. The maximum Gasteiger partial charge on any atom is 0.409 e. The lowest BCUT2D eigenvalue weighted by Crippen LogP contribution is -2.41. The van der Waals surface area contributed by atoms with Gasteiger partial charge >= 0.3 is 6.09 Å². The molecule has 6 nitrogen and oxygen atoms in total. The predicted molar refractivity (Wildman–Crippen MR) is 71.1 cm³/mol. The molecule has 0 aliphatic carbocycles. The second kappa shape index (κ2) is 5.57. The summed E-state index contributed by atoms with van der Waals surface area (Å²) >= 11 is 0. The van der Waals surface area contributed by atoms with E-state index >= 15 is 0 Å². The Morgan fingerprint density at radius 3 is 2.72 bits per heavy atom. The van der Waals surface area contributed by atoms with Crippen molar-refractivity contribution in [3.63, 3.8) is 0 Å². The van der Waals surface area contributed by atoms with Crippen LogP contribution < -0.4 is 16.4 Å². The Hall–Kier alpha value is -1.98. The Labute approximate surface area is 107 Å². The maximum absolute atomic E-state index is 11.5. The zero-order valence-corrected chi connectivity index (χ0v) is 11.2. The molecule has 1 amide bonds. The number of alkyl carbamates (subject to hydrolysis) is 1. The van der Waals surface area contributed by atoms with E-state index in [2.05, 4.69) is 15.6 Å². The van der Waals surface area contributed by atoms with Gasteiger partial charge in [-0.1, -0.05) is 0 Å². The molecule has 1 atom stereocenters. The van der Waals surface area contributed by atoms with Crippen LogP contribution in [0.2, 0.25) is 0 Å². The number of carbonyl (C=O) groups excluding carboxylic acids is 1. The van der Waals surface area contributed by atoms with Crippen molar-refractivity contribution in [2.75, 3.05) is 11.1 Å². The number of anilines is 2. The molecule has 4 N–H and O–H groups in total. The van der Waals surface area contributed by atoms with Crippen molar-refractivity contribution in [3.8, 4) is 0 Å². The van der Waals surface area contributed by atoms with Crippen LogP contribution in [0.15, 0.2) is 18.3 Å². The molecule has 1 unspecified atom stereocenters. The molecule has 0 aliphatic heterocycles. The van der Waals surface area contributed by atoms with Crippen molar-refractivity contribution in [1.29, 1.82) is 0 Å². The number of hydrogen-bond acceptors (Lipinski definition) is 5. The number of nitrogen functional groups attached to an aromatic ring is 1. The standard InChI is InChI=1S/C12H20N4O2/c1-8(16-11(17)18-12(2,3)4)15-10-9(13)6-5-7-14-10/h5-8H,13H2,1-4H3,(H,14,15)(H,16,17). The summed E-state index contributed by atoms with van der Waals surface area (Å²) in [5.41, 5.74) is 5.74. The van der Waals surface area contributed by atoms with E-state index in [-0.39, 0.29) is 6.17 Å². The summed E-state index contributed by atoms with van der Waals surface area (Å²) in [4.78, 5) is 15.6. The van der Waals surface area contributed by atoms with Gasteiger partial charge in [0.2, 0.25) is 0 Å². The van der Waals surface area contributed by atoms with Crippen LogP contribution in [0.5, 0.6) is 0 Å². The highest BCUT2D eigenvalue weighted by Crippen LogP contribution is 2.13. The molecule has 0 aromatic carbocycles. The lowest BCUT2D eigenvalue weighted by Gasteiger charge is -2.22. The topological polar surface area (TPSA) is 89.3 Å². The van der Waals surface area contributed by atoms with Gasteiger partial charge in [0, 0.05) is 6.20 Å². The van der Waals surface area contributed by atoms with Gasteiger partial charge in [0.15, 0.2) is 5.82 Å². The van der Waals surface area contributed by atoms with E-state index in [9.17, 15) is 4.79 Å². The fourth-order valence-corrected chi connectivity index (χ4v) is 1.26. The third-order valence-electron chi connectivity index (χ3n) is 1.93. The van der Waals surface area contributed by atoms with Crippen LogP contribution in [0.25, 0.3) is 0 Å². The van der Waals surface area contributed by atoms with E-state index in [1.807, 2.05) is 0 Å². The van der Waals surface area contributed by atoms with Crippen LogP contribution in [-0.4, -0.2) is 22.8 Å². The molecule has 0 spiro atoms. The fraction of sp³-hybridized carbons (Fsp3) is 0.500. The zero-order valence-electron chi connectivity index (χ0n) is 11.2.